The summed E-state index contributed by atoms with van der Waals surface area (Å²) < 4.78 is 27.1. The lowest BCUT2D eigenvalue weighted by Crippen LogP contribution is -2.36. The van der Waals surface area contributed by atoms with Crippen molar-refractivity contribution in [3.05, 3.63) is 65.2 Å². The fourth-order valence-electron chi connectivity index (χ4n) is 3.27. The van der Waals surface area contributed by atoms with E-state index in [9.17, 15) is 8.42 Å². The van der Waals surface area contributed by atoms with E-state index in [2.05, 4.69) is 34.3 Å². The summed E-state index contributed by atoms with van der Waals surface area (Å²) in [6.45, 7) is 3.22. The van der Waals surface area contributed by atoms with Crippen LogP contribution in [0.2, 0.25) is 0 Å². The zero-order chi connectivity index (χ0) is 17.7. The molecule has 0 radical (unpaired) electrons. The summed E-state index contributed by atoms with van der Waals surface area (Å²) in [5.74, 6) is 0. The molecule has 25 heavy (non-hydrogen) atoms. The number of sulfonamides is 1. The maximum atomic E-state index is 12.2. The van der Waals surface area contributed by atoms with Crippen LogP contribution in [-0.2, 0) is 22.9 Å². The molecule has 0 fully saturated rings. The van der Waals surface area contributed by atoms with Crippen LogP contribution in [0, 0.1) is 6.92 Å². The molecule has 0 aromatic heterocycles. The highest BCUT2D eigenvalue weighted by molar-refractivity contribution is 7.89. The van der Waals surface area contributed by atoms with Crippen molar-refractivity contribution in [2.75, 3.05) is 13.1 Å². The minimum atomic E-state index is -3.40. The smallest absolute Gasteiger partial charge is 0.240 e. The molecule has 2 N–H and O–H groups in total. The second-order valence-corrected chi connectivity index (χ2v) is 8.49. The molecule has 1 unspecified atom stereocenters. The van der Waals surface area contributed by atoms with Crippen LogP contribution in [0.1, 0.15) is 29.5 Å². The highest BCUT2D eigenvalue weighted by atomic mass is 32.2. The van der Waals surface area contributed by atoms with Crippen LogP contribution in [0.5, 0.6) is 0 Å². The molecule has 2 aromatic rings. The van der Waals surface area contributed by atoms with Gasteiger partial charge in [-0.25, -0.2) is 13.1 Å². The Hall–Kier alpha value is -1.69. The third-order valence-corrected chi connectivity index (χ3v) is 6.23. The normalized spacial score (nSPS) is 17.2. The van der Waals surface area contributed by atoms with Crippen molar-refractivity contribution in [1.29, 1.82) is 0 Å². The molecule has 0 saturated heterocycles. The van der Waals surface area contributed by atoms with Crippen molar-refractivity contribution in [2.45, 2.75) is 43.5 Å². The summed E-state index contributed by atoms with van der Waals surface area (Å²) in [5, 5.41) is 3.56. The first-order valence-electron chi connectivity index (χ1n) is 8.91. The van der Waals surface area contributed by atoms with E-state index >= 15 is 0 Å². The standard InChI is InChI=1S/C20H26N2O2S/c1-16-7-11-20(12-8-16)25(23,24)22-14-4-13-21-19-10-9-17-5-2-3-6-18(17)15-19/h2-3,5-8,11-12,19,21-22H,4,9-10,13-15H2,1H3. The Morgan fingerprint density at radius 2 is 1.72 bits per heavy atom. The molecule has 0 spiro atoms. The summed E-state index contributed by atoms with van der Waals surface area (Å²) in [6, 6.07) is 16.0. The van der Waals surface area contributed by atoms with Crippen LogP contribution in [-0.4, -0.2) is 27.5 Å². The van der Waals surface area contributed by atoms with Gasteiger partial charge in [-0.2, -0.15) is 0 Å². The topological polar surface area (TPSA) is 58.2 Å². The van der Waals surface area contributed by atoms with Crippen molar-refractivity contribution in [1.82, 2.24) is 10.0 Å². The molecule has 1 atom stereocenters. The molecule has 5 heteroatoms. The van der Waals surface area contributed by atoms with Crippen LogP contribution in [0.25, 0.3) is 0 Å². The summed E-state index contributed by atoms with van der Waals surface area (Å²) in [6.07, 6.45) is 4.11. The Morgan fingerprint density at radius 1 is 1.00 bits per heavy atom. The second-order valence-electron chi connectivity index (χ2n) is 6.73. The van der Waals surface area contributed by atoms with Crippen LogP contribution in [0.4, 0.5) is 0 Å². The van der Waals surface area contributed by atoms with Gasteiger partial charge < -0.3 is 5.32 Å². The lowest BCUT2D eigenvalue weighted by atomic mass is 9.88. The van der Waals surface area contributed by atoms with Crippen LogP contribution < -0.4 is 10.0 Å². The summed E-state index contributed by atoms with van der Waals surface area (Å²) in [4.78, 5) is 0.329. The fraction of sp³-hybridized carbons (Fsp3) is 0.400. The largest absolute Gasteiger partial charge is 0.314 e. The Labute approximate surface area is 150 Å². The van der Waals surface area contributed by atoms with Crippen molar-refractivity contribution < 1.29 is 8.42 Å². The maximum Gasteiger partial charge on any atom is 0.240 e. The third-order valence-electron chi connectivity index (χ3n) is 4.76. The zero-order valence-corrected chi connectivity index (χ0v) is 15.5. The van der Waals surface area contributed by atoms with Crippen LogP contribution >= 0.6 is 0 Å². The molecular weight excluding hydrogens is 332 g/mol. The number of benzene rings is 2. The molecule has 0 heterocycles. The number of fused-ring (bicyclic) bond motifs is 1. The molecule has 3 rings (SSSR count). The predicted octanol–water partition coefficient (Wildman–Crippen LogP) is 2.81. The molecule has 4 nitrogen and oxygen atoms in total. The number of nitrogens with one attached hydrogen (secondary N) is 2. The second kappa shape index (κ2) is 8.13. The molecule has 0 aliphatic heterocycles. The maximum absolute atomic E-state index is 12.2. The average molecular weight is 359 g/mol. The van der Waals surface area contributed by atoms with Gasteiger partial charge in [-0.1, -0.05) is 42.0 Å². The van der Waals surface area contributed by atoms with Gasteiger partial charge >= 0.3 is 0 Å². The Morgan fingerprint density at radius 3 is 2.48 bits per heavy atom. The summed E-state index contributed by atoms with van der Waals surface area (Å²) in [5.41, 5.74) is 3.95. The van der Waals surface area contributed by atoms with Crippen molar-refractivity contribution >= 4 is 10.0 Å². The minimum absolute atomic E-state index is 0.329. The van der Waals surface area contributed by atoms with Gasteiger partial charge in [0.15, 0.2) is 0 Å². The molecule has 1 aliphatic rings. The molecule has 0 amide bonds. The Kier molecular flexibility index (Phi) is 5.89. The van der Waals surface area contributed by atoms with E-state index in [1.165, 1.54) is 11.1 Å². The van der Waals surface area contributed by atoms with Gasteiger partial charge in [0.05, 0.1) is 4.90 Å². The summed E-state index contributed by atoms with van der Waals surface area (Å²) >= 11 is 0. The molecule has 0 saturated carbocycles. The monoisotopic (exact) mass is 358 g/mol. The molecular formula is C20H26N2O2S. The first-order chi connectivity index (χ1) is 12.0. The zero-order valence-electron chi connectivity index (χ0n) is 14.7. The van der Waals surface area contributed by atoms with Crippen molar-refractivity contribution in [3.8, 4) is 0 Å². The lowest BCUT2D eigenvalue weighted by molar-refractivity contribution is 0.454. The fourth-order valence-corrected chi connectivity index (χ4v) is 4.35. The van der Waals surface area contributed by atoms with E-state index < -0.39 is 10.0 Å². The van der Waals surface area contributed by atoms with Gasteiger partial charge in [0.25, 0.3) is 0 Å². The predicted molar refractivity (Wildman–Crippen MR) is 101 cm³/mol. The minimum Gasteiger partial charge on any atom is -0.314 e. The highest BCUT2D eigenvalue weighted by Gasteiger charge is 2.17. The van der Waals surface area contributed by atoms with Gasteiger partial charge in [-0.15, -0.1) is 0 Å². The summed E-state index contributed by atoms with van der Waals surface area (Å²) in [7, 11) is -3.40. The first-order valence-corrected chi connectivity index (χ1v) is 10.4. The average Bonchev–Trinajstić information content (AvgIpc) is 2.61. The van der Waals surface area contributed by atoms with Gasteiger partial charge in [0, 0.05) is 12.6 Å². The van der Waals surface area contributed by atoms with Crippen molar-refractivity contribution in [3.63, 3.8) is 0 Å². The third kappa shape index (κ3) is 4.91. The Bertz CT molecular complexity index is 801. The van der Waals surface area contributed by atoms with E-state index in [-0.39, 0.29) is 0 Å². The first kappa shape index (κ1) is 18.1. The van der Waals surface area contributed by atoms with Crippen LogP contribution in [0.15, 0.2) is 53.4 Å². The van der Waals surface area contributed by atoms with E-state index in [0.717, 1.165) is 37.8 Å². The number of hydrogen-bond donors (Lipinski definition) is 2. The van der Waals surface area contributed by atoms with E-state index in [4.69, 9.17) is 0 Å². The van der Waals surface area contributed by atoms with E-state index in [0.29, 0.717) is 17.5 Å². The molecule has 0 bridgehead atoms. The molecule has 134 valence electrons. The quantitative estimate of drug-likeness (QED) is 0.748. The molecule has 1 aliphatic carbocycles. The molecule has 2 aromatic carbocycles. The van der Waals surface area contributed by atoms with E-state index in [1.54, 1.807) is 12.1 Å². The van der Waals surface area contributed by atoms with Gasteiger partial charge in [0.2, 0.25) is 10.0 Å². The highest BCUT2D eigenvalue weighted by Crippen LogP contribution is 2.20. The van der Waals surface area contributed by atoms with E-state index in [1.807, 2.05) is 19.1 Å². The SMILES string of the molecule is Cc1ccc(S(=O)(=O)NCCCNC2CCc3ccccc3C2)cc1. The van der Waals surface area contributed by atoms with Gasteiger partial charge in [-0.05, 0) is 62.4 Å². The van der Waals surface area contributed by atoms with Crippen molar-refractivity contribution in [2.24, 2.45) is 0 Å². The van der Waals surface area contributed by atoms with Gasteiger partial charge in [-0.3, -0.25) is 0 Å². The number of aryl methyl sites for hydroxylation is 2. The number of hydrogen-bond acceptors (Lipinski definition) is 3. The van der Waals surface area contributed by atoms with Gasteiger partial charge in [0.1, 0.15) is 0 Å². The Balaban J connectivity index is 1.40. The number of rotatable bonds is 7. The van der Waals surface area contributed by atoms with Crippen LogP contribution in [0.3, 0.4) is 0 Å². The lowest BCUT2D eigenvalue weighted by Gasteiger charge is -2.25.